The first-order valence-electron chi connectivity index (χ1n) is 4.95. The third-order valence-electron chi connectivity index (χ3n) is 2.45. The minimum absolute atomic E-state index is 0.251. The van der Waals surface area contributed by atoms with E-state index in [2.05, 4.69) is 9.72 Å². The van der Waals surface area contributed by atoms with Gasteiger partial charge >= 0.3 is 5.97 Å². The van der Waals surface area contributed by atoms with Gasteiger partial charge in [0.05, 0.1) is 20.6 Å². The molecule has 1 aromatic heterocycles. The zero-order valence-corrected chi connectivity index (χ0v) is 9.24. The highest BCUT2D eigenvalue weighted by molar-refractivity contribution is 5.83. The number of fused-ring (bicyclic) bond motifs is 1. The summed E-state index contributed by atoms with van der Waals surface area (Å²) in [7, 11) is 3.01. The van der Waals surface area contributed by atoms with Crippen molar-refractivity contribution in [2.45, 2.75) is 6.42 Å². The van der Waals surface area contributed by atoms with Crippen LogP contribution in [0.15, 0.2) is 24.3 Å². The molecule has 0 aliphatic rings. The number of ether oxygens (including phenoxy) is 2. The molecule has 0 aliphatic carbocycles. The lowest BCUT2D eigenvalue weighted by atomic mass is 10.2. The van der Waals surface area contributed by atoms with Crippen LogP contribution in [0.2, 0.25) is 0 Å². The summed E-state index contributed by atoms with van der Waals surface area (Å²) in [5, 5.41) is 1.03. The lowest BCUT2D eigenvalue weighted by Crippen LogP contribution is -2.04. The molecule has 0 bridgehead atoms. The average molecular weight is 219 g/mol. The maximum Gasteiger partial charge on any atom is 0.311 e. The van der Waals surface area contributed by atoms with E-state index in [1.165, 1.54) is 7.11 Å². The fraction of sp³-hybridized carbons (Fsp3) is 0.250. The normalized spacial score (nSPS) is 10.4. The Bertz CT molecular complexity index is 516. The molecule has 1 N–H and O–H groups in total. The van der Waals surface area contributed by atoms with Crippen LogP contribution in [-0.4, -0.2) is 25.2 Å². The Hall–Kier alpha value is -1.97. The number of hydrogen-bond acceptors (Lipinski definition) is 3. The van der Waals surface area contributed by atoms with Gasteiger partial charge in [0.15, 0.2) is 0 Å². The van der Waals surface area contributed by atoms with E-state index >= 15 is 0 Å². The summed E-state index contributed by atoms with van der Waals surface area (Å²) in [6, 6.07) is 7.65. The van der Waals surface area contributed by atoms with Gasteiger partial charge < -0.3 is 14.5 Å². The highest BCUT2D eigenvalue weighted by Gasteiger charge is 2.06. The van der Waals surface area contributed by atoms with Gasteiger partial charge in [-0.2, -0.15) is 0 Å². The number of esters is 1. The molecule has 0 amide bonds. The Balaban J connectivity index is 2.32. The fourth-order valence-corrected chi connectivity index (χ4v) is 1.62. The molecule has 2 rings (SSSR count). The first-order valence-corrected chi connectivity index (χ1v) is 4.95. The SMILES string of the molecule is COC(=O)Cc1cc2cc(OC)ccc2[nH]1. The molecule has 0 aliphatic heterocycles. The summed E-state index contributed by atoms with van der Waals surface area (Å²) in [6.07, 6.45) is 0.257. The zero-order valence-electron chi connectivity index (χ0n) is 9.24. The Morgan fingerprint density at radius 3 is 2.81 bits per heavy atom. The van der Waals surface area contributed by atoms with Crippen molar-refractivity contribution in [1.82, 2.24) is 4.98 Å². The molecule has 2 aromatic rings. The number of H-pyrrole nitrogens is 1. The summed E-state index contributed by atoms with van der Waals surface area (Å²) in [4.78, 5) is 14.3. The molecule has 84 valence electrons. The standard InChI is InChI=1S/C12H13NO3/c1-15-10-3-4-11-8(6-10)5-9(13-11)7-12(14)16-2/h3-6,13H,7H2,1-2H3. The van der Waals surface area contributed by atoms with Gasteiger partial charge in [0, 0.05) is 16.6 Å². The zero-order chi connectivity index (χ0) is 11.5. The summed E-state index contributed by atoms with van der Waals surface area (Å²) >= 11 is 0. The summed E-state index contributed by atoms with van der Waals surface area (Å²) in [5.41, 5.74) is 1.83. The second-order valence-corrected chi connectivity index (χ2v) is 3.50. The largest absolute Gasteiger partial charge is 0.497 e. The molecule has 0 saturated carbocycles. The van der Waals surface area contributed by atoms with Crippen LogP contribution in [-0.2, 0) is 16.0 Å². The number of nitrogens with one attached hydrogen (secondary N) is 1. The second-order valence-electron chi connectivity index (χ2n) is 3.50. The number of carbonyl (C=O) groups is 1. The topological polar surface area (TPSA) is 51.3 Å². The highest BCUT2D eigenvalue weighted by Crippen LogP contribution is 2.21. The molecule has 0 radical (unpaired) electrons. The van der Waals surface area contributed by atoms with E-state index < -0.39 is 0 Å². The van der Waals surface area contributed by atoms with Crippen molar-refractivity contribution in [2.24, 2.45) is 0 Å². The average Bonchev–Trinajstić information content (AvgIpc) is 2.69. The Kier molecular flexibility index (Phi) is 2.81. The summed E-state index contributed by atoms with van der Waals surface area (Å²) in [5.74, 6) is 0.551. The van der Waals surface area contributed by atoms with Gasteiger partial charge in [0.25, 0.3) is 0 Å². The number of hydrogen-bond donors (Lipinski definition) is 1. The first kappa shape index (κ1) is 10.5. The van der Waals surface area contributed by atoms with E-state index in [9.17, 15) is 4.79 Å². The van der Waals surface area contributed by atoms with Crippen LogP contribution in [0.1, 0.15) is 5.69 Å². The maximum absolute atomic E-state index is 11.1. The minimum Gasteiger partial charge on any atom is -0.497 e. The van der Waals surface area contributed by atoms with Crippen LogP contribution in [0.3, 0.4) is 0 Å². The van der Waals surface area contributed by atoms with Crippen molar-refractivity contribution in [3.05, 3.63) is 30.0 Å². The van der Waals surface area contributed by atoms with Gasteiger partial charge in [-0.25, -0.2) is 0 Å². The second kappa shape index (κ2) is 4.26. The summed E-state index contributed by atoms with van der Waals surface area (Å²) < 4.78 is 9.74. The van der Waals surface area contributed by atoms with Gasteiger partial charge in [-0.15, -0.1) is 0 Å². The number of methoxy groups -OCH3 is 2. The fourth-order valence-electron chi connectivity index (χ4n) is 1.62. The monoisotopic (exact) mass is 219 g/mol. The van der Waals surface area contributed by atoms with Crippen molar-refractivity contribution in [2.75, 3.05) is 14.2 Å². The van der Waals surface area contributed by atoms with Gasteiger partial charge in [-0.05, 0) is 24.3 Å². The molecule has 4 nitrogen and oxygen atoms in total. The molecule has 0 fully saturated rings. The molecule has 1 heterocycles. The molecule has 4 heteroatoms. The predicted molar refractivity (Wildman–Crippen MR) is 60.6 cm³/mol. The molecule has 16 heavy (non-hydrogen) atoms. The molecular formula is C12H13NO3. The molecule has 0 spiro atoms. The van der Waals surface area contributed by atoms with Crippen molar-refractivity contribution < 1.29 is 14.3 Å². The summed E-state index contributed by atoms with van der Waals surface area (Å²) in [6.45, 7) is 0. The van der Waals surface area contributed by atoms with E-state index in [0.29, 0.717) is 0 Å². The van der Waals surface area contributed by atoms with Gasteiger partial charge in [-0.1, -0.05) is 0 Å². The smallest absolute Gasteiger partial charge is 0.311 e. The number of aromatic amines is 1. The van der Waals surface area contributed by atoms with Crippen molar-refractivity contribution in [3.8, 4) is 5.75 Å². The van der Waals surface area contributed by atoms with E-state index in [-0.39, 0.29) is 12.4 Å². The lowest BCUT2D eigenvalue weighted by Gasteiger charge is -1.97. The number of aromatic nitrogens is 1. The van der Waals surface area contributed by atoms with E-state index in [1.807, 2.05) is 24.3 Å². The predicted octanol–water partition coefficient (Wildman–Crippen LogP) is 1.89. The maximum atomic E-state index is 11.1. The van der Waals surface area contributed by atoms with Crippen molar-refractivity contribution in [1.29, 1.82) is 0 Å². The number of carbonyl (C=O) groups excluding carboxylic acids is 1. The Labute approximate surface area is 93.2 Å². The Morgan fingerprint density at radius 1 is 1.31 bits per heavy atom. The van der Waals surface area contributed by atoms with Gasteiger partial charge in [0.1, 0.15) is 5.75 Å². The van der Waals surface area contributed by atoms with Crippen LogP contribution >= 0.6 is 0 Å². The van der Waals surface area contributed by atoms with Crippen LogP contribution in [0.5, 0.6) is 5.75 Å². The number of benzene rings is 1. The van der Waals surface area contributed by atoms with Crippen molar-refractivity contribution >= 4 is 16.9 Å². The molecule has 0 saturated heterocycles. The van der Waals surface area contributed by atoms with Crippen molar-refractivity contribution in [3.63, 3.8) is 0 Å². The minimum atomic E-state index is -0.251. The highest BCUT2D eigenvalue weighted by atomic mass is 16.5. The van der Waals surface area contributed by atoms with E-state index in [1.54, 1.807) is 7.11 Å². The molecular weight excluding hydrogens is 206 g/mol. The van der Waals surface area contributed by atoms with E-state index in [4.69, 9.17) is 4.74 Å². The molecule has 1 aromatic carbocycles. The van der Waals surface area contributed by atoms with Crippen LogP contribution in [0.25, 0.3) is 10.9 Å². The van der Waals surface area contributed by atoms with Crippen LogP contribution in [0, 0.1) is 0 Å². The van der Waals surface area contributed by atoms with E-state index in [0.717, 1.165) is 22.3 Å². The quantitative estimate of drug-likeness (QED) is 0.802. The molecule has 0 unspecified atom stereocenters. The third kappa shape index (κ3) is 2.00. The third-order valence-corrected chi connectivity index (χ3v) is 2.45. The van der Waals surface area contributed by atoms with Gasteiger partial charge in [-0.3, -0.25) is 4.79 Å². The molecule has 0 atom stereocenters. The van der Waals surface area contributed by atoms with Crippen LogP contribution < -0.4 is 4.74 Å². The van der Waals surface area contributed by atoms with Gasteiger partial charge in [0.2, 0.25) is 0 Å². The number of rotatable bonds is 3. The first-order chi connectivity index (χ1) is 7.72. The van der Waals surface area contributed by atoms with Crippen LogP contribution in [0.4, 0.5) is 0 Å². The lowest BCUT2D eigenvalue weighted by molar-refractivity contribution is -0.139. The Morgan fingerprint density at radius 2 is 2.12 bits per heavy atom.